The second-order valence-corrected chi connectivity index (χ2v) is 5.75. The molecule has 0 aliphatic heterocycles. The molecule has 21 heavy (non-hydrogen) atoms. The van der Waals surface area contributed by atoms with Gasteiger partial charge in [0.05, 0.1) is 11.7 Å². The normalized spacial score (nSPS) is 12.0. The van der Waals surface area contributed by atoms with Crippen molar-refractivity contribution in [3.63, 3.8) is 0 Å². The van der Waals surface area contributed by atoms with E-state index < -0.39 is 0 Å². The van der Waals surface area contributed by atoms with Crippen LogP contribution in [0.4, 0.5) is 0 Å². The number of thiophene rings is 1. The van der Waals surface area contributed by atoms with E-state index in [1.807, 2.05) is 77.8 Å². The average Bonchev–Trinajstić information content (AvgIpc) is 3.18. The Bertz CT molecular complexity index is 716. The zero-order valence-electron chi connectivity index (χ0n) is 11.7. The predicted molar refractivity (Wildman–Crippen MR) is 86.0 cm³/mol. The Morgan fingerprint density at radius 1 is 1.10 bits per heavy atom. The van der Waals surface area contributed by atoms with Gasteiger partial charge in [-0.25, -0.2) is 0 Å². The summed E-state index contributed by atoms with van der Waals surface area (Å²) in [6, 6.07) is 15.8. The number of nitrogens with one attached hydrogen (secondary N) is 1. The maximum absolute atomic E-state index is 12.5. The van der Waals surface area contributed by atoms with Crippen molar-refractivity contribution in [2.45, 2.75) is 13.0 Å². The molecule has 0 spiro atoms. The van der Waals surface area contributed by atoms with Gasteiger partial charge in [-0.15, -0.1) is 11.3 Å². The fourth-order valence-electron chi connectivity index (χ4n) is 2.26. The Morgan fingerprint density at radius 2 is 1.81 bits per heavy atom. The smallest absolute Gasteiger partial charge is 0.263 e. The molecular weight excluding hydrogens is 280 g/mol. The fraction of sp³-hybridized carbons (Fsp3) is 0.118. The standard InChI is InChI=1S/C17H16N2OS/c1-13(14-7-3-2-4-8-14)18-17(20)16-15(9-12-21-16)19-10-5-6-11-19/h2-13H,1H3,(H,18,20)/t13-/m0/s1. The molecule has 0 radical (unpaired) electrons. The molecule has 2 aromatic heterocycles. The molecule has 106 valence electrons. The fourth-order valence-corrected chi connectivity index (χ4v) is 3.05. The number of carbonyl (C=O) groups excluding carboxylic acids is 1. The van der Waals surface area contributed by atoms with Gasteiger partial charge in [0, 0.05) is 12.4 Å². The van der Waals surface area contributed by atoms with Crippen LogP contribution in [0.3, 0.4) is 0 Å². The van der Waals surface area contributed by atoms with Crippen molar-refractivity contribution >= 4 is 17.2 Å². The van der Waals surface area contributed by atoms with E-state index in [1.54, 1.807) is 0 Å². The minimum atomic E-state index is -0.0370. The first-order valence-corrected chi connectivity index (χ1v) is 7.70. The van der Waals surface area contributed by atoms with E-state index in [4.69, 9.17) is 0 Å². The van der Waals surface area contributed by atoms with Gasteiger partial charge in [-0.1, -0.05) is 30.3 Å². The number of amides is 1. The van der Waals surface area contributed by atoms with Crippen LogP contribution in [0.25, 0.3) is 5.69 Å². The highest BCUT2D eigenvalue weighted by Crippen LogP contribution is 2.22. The second kappa shape index (κ2) is 5.97. The molecule has 0 unspecified atom stereocenters. The summed E-state index contributed by atoms with van der Waals surface area (Å²) in [5, 5.41) is 5.00. The Hall–Kier alpha value is -2.33. The van der Waals surface area contributed by atoms with E-state index >= 15 is 0 Å². The van der Waals surface area contributed by atoms with Crippen LogP contribution >= 0.6 is 11.3 Å². The van der Waals surface area contributed by atoms with Crippen molar-refractivity contribution in [1.82, 2.24) is 9.88 Å². The van der Waals surface area contributed by atoms with Crippen LogP contribution in [0, 0.1) is 0 Å². The minimum absolute atomic E-state index is 0.0155. The molecule has 3 nitrogen and oxygen atoms in total. The lowest BCUT2D eigenvalue weighted by Crippen LogP contribution is -2.26. The molecular formula is C17H16N2OS. The van der Waals surface area contributed by atoms with E-state index in [0.29, 0.717) is 0 Å². The molecule has 0 aliphatic rings. The first-order valence-electron chi connectivity index (χ1n) is 6.82. The number of hydrogen-bond acceptors (Lipinski definition) is 2. The molecule has 0 bridgehead atoms. The largest absolute Gasteiger partial charge is 0.345 e. The maximum Gasteiger partial charge on any atom is 0.263 e. The molecule has 2 heterocycles. The quantitative estimate of drug-likeness (QED) is 0.775. The molecule has 0 fully saturated rings. The number of nitrogens with zero attached hydrogens (tertiary/aromatic N) is 1. The Balaban J connectivity index is 1.79. The van der Waals surface area contributed by atoms with Crippen molar-refractivity contribution in [3.05, 3.63) is 76.7 Å². The summed E-state index contributed by atoms with van der Waals surface area (Å²) < 4.78 is 1.96. The van der Waals surface area contributed by atoms with Crippen LogP contribution in [-0.2, 0) is 0 Å². The minimum Gasteiger partial charge on any atom is -0.345 e. The van der Waals surface area contributed by atoms with Gasteiger partial charge in [0.1, 0.15) is 4.88 Å². The van der Waals surface area contributed by atoms with Crippen molar-refractivity contribution in [3.8, 4) is 5.69 Å². The monoisotopic (exact) mass is 296 g/mol. The van der Waals surface area contributed by atoms with Crippen molar-refractivity contribution in [2.24, 2.45) is 0 Å². The third kappa shape index (κ3) is 2.90. The molecule has 3 aromatic rings. The summed E-state index contributed by atoms with van der Waals surface area (Å²) in [5.74, 6) is -0.0370. The zero-order valence-corrected chi connectivity index (χ0v) is 12.5. The first kappa shape index (κ1) is 13.6. The molecule has 1 amide bonds. The molecule has 0 aliphatic carbocycles. The van der Waals surface area contributed by atoms with Crippen LogP contribution in [0.15, 0.2) is 66.3 Å². The highest BCUT2D eigenvalue weighted by atomic mass is 32.1. The number of carbonyl (C=O) groups is 1. The first-order chi connectivity index (χ1) is 10.3. The van der Waals surface area contributed by atoms with Crippen LogP contribution < -0.4 is 5.32 Å². The third-order valence-electron chi connectivity index (χ3n) is 3.38. The summed E-state index contributed by atoms with van der Waals surface area (Å²) in [6.07, 6.45) is 3.89. The van der Waals surface area contributed by atoms with E-state index in [0.717, 1.165) is 16.1 Å². The second-order valence-electron chi connectivity index (χ2n) is 4.83. The number of hydrogen-bond donors (Lipinski definition) is 1. The van der Waals surface area contributed by atoms with Crippen molar-refractivity contribution < 1.29 is 4.79 Å². The van der Waals surface area contributed by atoms with E-state index in [1.165, 1.54) is 11.3 Å². The summed E-state index contributed by atoms with van der Waals surface area (Å²) in [6.45, 7) is 2.00. The summed E-state index contributed by atoms with van der Waals surface area (Å²) >= 11 is 1.46. The molecule has 0 saturated heterocycles. The lowest BCUT2D eigenvalue weighted by atomic mass is 10.1. The number of aromatic nitrogens is 1. The Morgan fingerprint density at radius 3 is 2.52 bits per heavy atom. The van der Waals surface area contributed by atoms with Gasteiger partial charge >= 0.3 is 0 Å². The third-order valence-corrected chi connectivity index (χ3v) is 4.28. The van der Waals surface area contributed by atoms with Crippen LogP contribution in [-0.4, -0.2) is 10.5 Å². The van der Waals surface area contributed by atoms with Crippen LogP contribution in [0.2, 0.25) is 0 Å². The van der Waals surface area contributed by atoms with Gasteiger partial charge in [-0.2, -0.15) is 0 Å². The van der Waals surface area contributed by atoms with E-state index in [2.05, 4.69) is 5.32 Å². The Kier molecular flexibility index (Phi) is 3.88. The number of benzene rings is 1. The van der Waals surface area contributed by atoms with Crippen molar-refractivity contribution in [1.29, 1.82) is 0 Å². The highest BCUT2D eigenvalue weighted by Gasteiger charge is 2.16. The van der Waals surface area contributed by atoms with E-state index in [-0.39, 0.29) is 11.9 Å². The maximum atomic E-state index is 12.5. The predicted octanol–water partition coefficient (Wildman–Crippen LogP) is 4.03. The lowest BCUT2D eigenvalue weighted by Gasteiger charge is -2.14. The van der Waals surface area contributed by atoms with Gasteiger partial charge in [-0.05, 0) is 36.1 Å². The molecule has 1 N–H and O–H groups in total. The molecule has 3 rings (SSSR count). The SMILES string of the molecule is C[C@H](NC(=O)c1sccc1-n1cccc1)c1ccccc1. The summed E-state index contributed by atoms with van der Waals surface area (Å²) in [5.41, 5.74) is 2.02. The van der Waals surface area contributed by atoms with Gasteiger partial charge in [0.25, 0.3) is 5.91 Å². The van der Waals surface area contributed by atoms with Crippen molar-refractivity contribution in [2.75, 3.05) is 0 Å². The number of rotatable bonds is 4. The van der Waals surface area contributed by atoms with Crippen LogP contribution in [0.5, 0.6) is 0 Å². The molecule has 0 saturated carbocycles. The topological polar surface area (TPSA) is 34.0 Å². The van der Waals surface area contributed by atoms with Crippen LogP contribution in [0.1, 0.15) is 28.2 Å². The molecule has 1 aromatic carbocycles. The molecule has 1 atom stereocenters. The molecule has 4 heteroatoms. The average molecular weight is 296 g/mol. The zero-order chi connectivity index (χ0) is 14.7. The summed E-state index contributed by atoms with van der Waals surface area (Å²) in [4.78, 5) is 13.2. The van der Waals surface area contributed by atoms with Gasteiger partial charge in [0.2, 0.25) is 0 Å². The lowest BCUT2D eigenvalue weighted by molar-refractivity contribution is 0.0944. The Labute approximate surface area is 127 Å². The summed E-state index contributed by atoms with van der Waals surface area (Å²) in [7, 11) is 0. The van der Waals surface area contributed by atoms with E-state index in [9.17, 15) is 4.79 Å². The highest BCUT2D eigenvalue weighted by molar-refractivity contribution is 7.12. The van der Waals surface area contributed by atoms with Gasteiger partial charge < -0.3 is 9.88 Å². The van der Waals surface area contributed by atoms with Gasteiger partial charge in [0.15, 0.2) is 0 Å². The van der Waals surface area contributed by atoms with Gasteiger partial charge in [-0.3, -0.25) is 4.79 Å².